The number of ketones is 1. The standard InChI is InChI=1S/C28H34F3N5O5S/c1-14(2)21(35-27(41)28(29,30)31)26(40)36-11-9-15(3)12-19(36)24(39)33-18(13-16-8-10-32-23(16)38)22(37)25-34-17-6-4-5-7-20(17)42-25/h4-7,14-16,18-19,21H,8-13H2,1-3H3,(H,32,38)(H,33,39)(H,35,41)/t15?,16-,18-,19?,21-/m0/s1. The van der Waals surface area contributed by atoms with Crippen LogP contribution in [-0.2, 0) is 19.2 Å². The number of rotatable bonds is 9. The molecule has 10 nitrogen and oxygen atoms in total. The monoisotopic (exact) mass is 609 g/mol. The molecule has 5 atom stereocenters. The molecule has 4 amide bonds. The second-order valence-corrected chi connectivity index (χ2v) is 12.3. The van der Waals surface area contributed by atoms with Crippen molar-refractivity contribution < 1.29 is 37.1 Å². The lowest BCUT2D eigenvalue weighted by atomic mass is 9.89. The fourth-order valence-corrected chi connectivity index (χ4v) is 6.31. The van der Waals surface area contributed by atoms with E-state index in [9.17, 15) is 37.1 Å². The minimum Gasteiger partial charge on any atom is -0.356 e. The number of para-hydroxylation sites is 1. The van der Waals surface area contributed by atoms with Gasteiger partial charge in [-0.1, -0.05) is 32.9 Å². The normalized spacial score (nSPS) is 22.5. The molecule has 228 valence electrons. The number of thiazole rings is 1. The van der Waals surface area contributed by atoms with E-state index in [0.29, 0.717) is 24.9 Å². The van der Waals surface area contributed by atoms with Gasteiger partial charge in [0.1, 0.15) is 12.1 Å². The number of alkyl halides is 3. The van der Waals surface area contributed by atoms with Gasteiger partial charge in [-0.2, -0.15) is 13.2 Å². The Balaban J connectivity index is 1.59. The molecule has 2 unspecified atom stereocenters. The van der Waals surface area contributed by atoms with Crippen LogP contribution in [0.2, 0.25) is 0 Å². The van der Waals surface area contributed by atoms with Crippen LogP contribution >= 0.6 is 11.3 Å². The molecular weight excluding hydrogens is 575 g/mol. The highest BCUT2D eigenvalue weighted by atomic mass is 32.1. The summed E-state index contributed by atoms with van der Waals surface area (Å²) in [5, 5.41) is 7.42. The molecule has 1 aromatic heterocycles. The van der Waals surface area contributed by atoms with Crippen molar-refractivity contribution in [3.63, 3.8) is 0 Å². The number of aromatic nitrogens is 1. The minimum atomic E-state index is -5.18. The fourth-order valence-electron chi connectivity index (χ4n) is 5.35. The minimum absolute atomic E-state index is 0.00564. The molecule has 0 aliphatic carbocycles. The largest absolute Gasteiger partial charge is 0.471 e. The number of Topliss-reactive ketones (excluding diaryl/α,β-unsaturated/α-hetero) is 1. The van der Waals surface area contributed by atoms with Gasteiger partial charge in [0.15, 0.2) is 5.01 Å². The van der Waals surface area contributed by atoms with E-state index in [1.807, 2.05) is 19.1 Å². The first-order valence-electron chi connectivity index (χ1n) is 13.9. The Morgan fingerprint density at radius 3 is 2.48 bits per heavy atom. The maximum Gasteiger partial charge on any atom is 0.471 e. The van der Waals surface area contributed by atoms with Gasteiger partial charge in [-0.15, -0.1) is 11.3 Å². The van der Waals surface area contributed by atoms with Gasteiger partial charge >= 0.3 is 12.1 Å². The van der Waals surface area contributed by atoms with E-state index in [0.717, 1.165) is 4.70 Å². The van der Waals surface area contributed by atoms with Crippen LogP contribution in [0.1, 0.15) is 56.3 Å². The summed E-state index contributed by atoms with van der Waals surface area (Å²) in [6.07, 6.45) is -3.95. The molecule has 2 aliphatic rings. The van der Waals surface area contributed by atoms with Gasteiger partial charge in [0.2, 0.25) is 23.5 Å². The number of benzene rings is 1. The highest BCUT2D eigenvalue weighted by molar-refractivity contribution is 7.20. The van der Waals surface area contributed by atoms with Crippen molar-refractivity contribution in [3.05, 3.63) is 29.3 Å². The molecular formula is C28H34F3N5O5S. The quantitative estimate of drug-likeness (QED) is 0.374. The zero-order valence-electron chi connectivity index (χ0n) is 23.5. The molecule has 3 N–H and O–H groups in total. The van der Waals surface area contributed by atoms with Gasteiger partial charge in [-0.25, -0.2) is 4.98 Å². The lowest BCUT2D eigenvalue weighted by Gasteiger charge is -2.40. The second-order valence-electron chi connectivity index (χ2n) is 11.3. The summed E-state index contributed by atoms with van der Waals surface area (Å²) in [5.41, 5.74) is 0.619. The summed E-state index contributed by atoms with van der Waals surface area (Å²) in [5.74, 6) is -5.60. The summed E-state index contributed by atoms with van der Waals surface area (Å²) in [4.78, 5) is 70.6. The van der Waals surface area contributed by atoms with Gasteiger partial charge in [-0.05, 0) is 49.7 Å². The van der Waals surface area contributed by atoms with Crippen molar-refractivity contribution in [3.8, 4) is 0 Å². The second kappa shape index (κ2) is 12.8. The first-order valence-corrected chi connectivity index (χ1v) is 14.7. The number of carbonyl (C=O) groups excluding carboxylic acids is 5. The van der Waals surface area contributed by atoms with E-state index < -0.39 is 59.6 Å². The topological polar surface area (TPSA) is 138 Å². The van der Waals surface area contributed by atoms with Gasteiger partial charge in [0.05, 0.1) is 16.3 Å². The third kappa shape index (κ3) is 7.08. The van der Waals surface area contributed by atoms with Crippen LogP contribution in [0.5, 0.6) is 0 Å². The Kier molecular flexibility index (Phi) is 9.53. The van der Waals surface area contributed by atoms with Crippen molar-refractivity contribution in [2.45, 2.75) is 70.8 Å². The molecule has 1 aromatic carbocycles. The molecule has 0 radical (unpaired) electrons. The molecule has 14 heteroatoms. The Hall–Kier alpha value is -3.55. The Bertz CT molecular complexity index is 1330. The number of halogens is 3. The summed E-state index contributed by atoms with van der Waals surface area (Å²) >= 11 is 1.17. The zero-order valence-corrected chi connectivity index (χ0v) is 24.3. The number of nitrogens with zero attached hydrogens (tertiary/aromatic N) is 2. The third-order valence-electron chi connectivity index (χ3n) is 7.75. The first kappa shape index (κ1) is 31.4. The lowest BCUT2D eigenvalue weighted by molar-refractivity contribution is -0.175. The summed E-state index contributed by atoms with van der Waals surface area (Å²) in [6.45, 7) is 5.42. The van der Waals surface area contributed by atoms with Crippen LogP contribution in [0.3, 0.4) is 0 Å². The third-order valence-corrected chi connectivity index (χ3v) is 8.80. The molecule has 0 spiro atoms. The predicted molar refractivity (Wildman–Crippen MR) is 148 cm³/mol. The van der Waals surface area contributed by atoms with E-state index >= 15 is 0 Å². The number of hydrogen-bond donors (Lipinski definition) is 3. The van der Waals surface area contributed by atoms with Crippen LogP contribution < -0.4 is 16.0 Å². The van der Waals surface area contributed by atoms with Crippen LogP contribution in [0.4, 0.5) is 13.2 Å². The van der Waals surface area contributed by atoms with Crippen LogP contribution in [-0.4, -0.2) is 76.7 Å². The SMILES string of the molecule is CC1CCN(C(=O)[C@@H](NC(=O)C(F)(F)F)C(C)C)C(C(=O)N[C@@H](C[C@@H]2CCNC2=O)C(=O)c2nc3ccccc3s2)C1. The van der Waals surface area contributed by atoms with E-state index in [-0.39, 0.29) is 36.2 Å². The Morgan fingerprint density at radius 1 is 1.14 bits per heavy atom. The van der Waals surface area contributed by atoms with Crippen LogP contribution in [0.15, 0.2) is 24.3 Å². The number of piperidine rings is 1. The van der Waals surface area contributed by atoms with Crippen molar-refractivity contribution in [2.24, 2.45) is 17.8 Å². The smallest absolute Gasteiger partial charge is 0.356 e. The summed E-state index contributed by atoms with van der Waals surface area (Å²) in [6, 6.07) is 3.46. The van der Waals surface area contributed by atoms with Crippen molar-refractivity contribution in [1.29, 1.82) is 0 Å². The van der Waals surface area contributed by atoms with Gasteiger partial charge < -0.3 is 20.9 Å². The van der Waals surface area contributed by atoms with E-state index in [1.165, 1.54) is 30.1 Å². The van der Waals surface area contributed by atoms with Crippen molar-refractivity contribution >= 4 is 51.0 Å². The van der Waals surface area contributed by atoms with E-state index in [1.54, 1.807) is 17.4 Å². The number of carbonyl (C=O) groups is 5. The summed E-state index contributed by atoms with van der Waals surface area (Å²) < 4.78 is 39.8. The molecule has 0 bridgehead atoms. The van der Waals surface area contributed by atoms with Gasteiger partial charge in [0, 0.05) is 19.0 Å². The van der Waals surface area contributed by atoms with Crippen molar-refractivity contribution in [1.82, 2.24) is 25.8 Å². The van der Waals surface area contributed by atoms with Gasteiger partial charge in [0.25, 0.3) is 0 Å². The average molecular weight is 610 g/mol. The number of nitrogens with one attached hydrogen (secondary N) is 3. The number of fused-ring (bicyclic) bond motifs is 1. The molecule has 2 fully saturated rings. The number of hydrogen-bond acceptors (Lipinski definition) is 7. The Morgan fingerprint density at radius 2 is 1.86 bits per heavy atom. The zero-order chi connectivity index (χ0) is 30.8. The predicted octanol–water partition coefficient (Wildman–Crippen LogP) is 2.82. The number of likely N-dealkylation sites (tertiary alicyclic amines) is 1. The van der Waals surface area contributed by atoms with E-state index in [4.69, 9.17) is 0 Å². The maximum atomic E-state index is 13.8. The van der Waals surface area contributed by atoms with Crippen molar-refractivity contribution in [2.75, 3.05) is 13.1 Å². The fraction of sp³-hybridized carbons (Fsp3) is 0.571. The van der Waals surface area contributed by atoms with Gasteiger partial charge in [-0.3, -0.25) is 24.0 Å². The molecule has 0 saturated carbocycles. The van der Waals surface area contributed by atoms with Crippen LogP contribution in [0.25, 0.3) is 10.2 Å². The maximum absolute atomic E-state index is 13.8. The first-order chi connectivity index (χ1) is 19.8. The molecule has 42 heavy (non-hydrogen) atoms. The molecule has 2 saturated heterocycles. The molecule has 3 heterocycles. The highest BCUT2D eigenvalue weighted by Gasteiger charge is 2.45. The molecule has 2 aromatic rings. The average Bonchev–Trinajstić information content (AvgIpc) is 3.55. The Labute approximate surface area is 244 Å². The highest BCUT2D eigenvalue weighted by Crippen LogP contribution is 2.28. The van der Waals surface area contributed by atoms with Crippen LogP contribution in [0, 0.1) is 17.8 Å². The van der Waals surface area contributed by atoms with E-state index in [2.05, 4.69) is 15.6 Å². The number of amides is 4. The molecule has 2 aliphatic heterocycles. The molecule has 4 rings (SSSR count). The lowest BCUT2D eigenvalue weighted by Crippen LogP contribution is -2.61. The summed E-state index contributed by atoms with van der Waals surface area (Å²) in [7, 11) is 0.